The maximum absolute atomic E-state index is 12.4. The molecule has 2 N–H and O–H groups in total. The summed E-state index contributed by atoms with van der Waals surface area (Å²) in [4.78, 5) is 30.3. The van der Waals surface area contributed by atoms with E-state index in [4.69, 9.17) is 49.2 Å². The van der Waals surface area contributed by atoms with E-state index in [-0.39, 0.29) is 11.8 Å². The minimum absolute atomic E-state index is 0.119. The van der Waals surface area contributed by atoms with Crippen LogP contribution in [0.5, 0.6) is 0 Å². The maximum atomic E-state index is 12.4. The van der Waals surface area contributed by atoms with Crippen LogP contribution in [0, 0.1) is 0 Å². The molecule has 0 aliphatic rings. The zero-order valence-corrected chi connectivity index (χ0v) is 30.1. The van der Waals surface area contributed by atoms with Gasteiger partial charge in [0.1, 0.15) is 29.1 Å². The number of rotatable bonds is 29. The van der Waals surface area contributed by atoms with Gasteiger partial charge in [-0.2, -0.15) is 10.1 Å². The topological polar surface area (TPSA) is 220 Å². The van der Waals surface area contributed by atoms with Crippen LogP contribution in [0.4, 0.5) is 11.8 Å². The highest BCUT2D eigenvalue weighted by Gasteiger charge is 2.20. The Kier molecular flexibility index (Phi) is 18.0. The number of oxazole rings is 1. The van der Waals surface area contributed by atoms with Gasteiger partial charge in [-0.15, -0.1) is 0 Å². The Balaban J connectivity index is 1.01. The Morgan fingerprint density at radius 1 is 0.865 bits per heavy atom. The van der Waals surface area contributed by atoms with Gasteiger partial charge in [-0.05, 0) is 36.6 Å². The lowest BCUT2D eigenvalue weighted by atomic mass is 10.1. The van der Waals surface area contributed by atoms with Gasteiger partial charge in [0.25, 0.3) is 6.01 Å². The number of anilines is 2. The number of aromatic nitrogens is 5. The number of Topliss-reactive ketones (excluding diaryl/α,β-unsaturated/α-hetero) is 1. The van der Waals surface area contributed by atoms with Crippen LogP contribution < -0.4 is 10.6 Å². The number of nitrogens with zero attached hydrogens (tertiary/aromatic N) is 9. The molecule has 0 atom stereocenters. The molecule has 0 saturated carbocycles. The summed E-state index contributed by atoms with van der Waals surface area (Å²) in [5.41, 5.74) is 17.6. The van der Waals surface area contributed by atoms with Gasteiger partial charge >= 0.3 is 0 Å². The molecule has 3 heterocycles. The smallest absolute Gasteiger partial charge is 0.292 e. The third-order valence-electron chi connectivity index (χ3n) is 7.72. The number of benzene rings is 1. The number of hydrogen-bond donors (Lipinski definition) is 1. The first-order chi connectivity index (χ1) is 25.5. The van der Waals surface area contributed by atoms with Gasteiger partial charge < -0.3 is 43.5 Å². The Morgan fingerprint density at radius 2 is 1.50 bits per heavy atom. The van der Waals surface area contributed by atoms with E-state index in [0.717, 1.165) is 47.4 Å². The SMILES string of the molecule is CN(C)c1ncnc2c1c(-c1ccc3oc(N)nc3c1)nn2CCCCCC(=O)CCOCCOCCOCCOCCOCCOCCN=[N+]=[N-]. The van der Waals surface area contributed by atoms with Gasteiger partial charge in [0.15, 0.2) is 11.2 Å². The molecule has 0 aliphatic carbocycles. The summed E-state index contributed by atoms with van der Waals surface area (Å²) in [5.74, 6) is 0.965. The van der Waals surface area contributed by atoms with E-state index in [0.29, 0.717) is 116 Å². The van der Waals surface area contributed by atoms with Crippen molar-refractivity contribution in [3.63, 3.8) is 0 Å². The summed E-state index contributed by atoms with van der Waals surface area (Å²) < 4.78 is 40.0. The average molecular weight is 727 g/mol. The zero-order chi connectivity index (χ0) is 36.8. The molecule has 284 valence electrons. The van der Waals surface area contributed by atoms with Crippen molar-refractivity contribution in [2.45, 2.75) is 38.6 Å². The second-order valence-corrected chi connectivity index (χ2v) is 11.8. The average Bonchev–Trinajstić information content (AvgIpc) is 3.71. The fourth-order valence-electron chi connectivity index (χ4n) is 5.21. The lowest BCUT2D eigenvalue weighted by Gasteiger charge is -2.12. The number of azide groups is 1. The number of aryl methyl sites for hydroxylation is 1. The highest BCUT2D eigenvalue weighted by Crippen LogP contribution is 2.34. The number of ketones is 1. The van der Waals surface area contributed by atoms with Crippen molar-refractivity contribution in [2.75, 3.05) is 111 Å². The van der Waals surface area contributed by atoms with Crippen molar-refractivity contribution in [1.29, 1.82) is 0 Å². The van der Waals surface area contributed by atoms with Gasteiger partial charge in [0.05, 0.1) is 84.7 Å². The molecule has 0 aliphatic heterocycles. The number of nitrogens with two attached hydrogens (primary N) is 1. The third-order valence-corrected chi connectivity index (χ3v) is 7.72. The Hall–Kier alpha value is -4.42. The van der Waals surface area contributed by atoms with Crippen LogP contribution in [0.3, 0.4) is 0 Å². The molecule has 4 aromatic rings. The summed E-state index contributed by atoms with van der Waals surface area (Å²) in [6.45, 7) is 6.31. The molecule has 4 rings (SSSR count). The molecule has 0 saturated heterocycles. The van der Waals surface area contributed by atoms with Crippen LogP contribution >= 0.6 is 0 Å². The lowest BCUT2D eigenvalue weighted by molar-refractivity contribution is -0.120. The Labute approximate surface area is 302 Å². The van der Waals surface area contributed by atoms with Crippen molar-refractivity contribution < 1.29 is 37.6 Å². The van der Waals surface area contributed by atoms with E-state index in [9.17, 15) is 4.79 Å². The fraction of sp³-hybridized carbons (Fsp3) is 0.618. The Bertz CT molecular complexity index is 1690. The number of nitrogen functional groups attached to an aromatic ring is 1. The van der Waals surface area contributed by atoms with E-state index < -0.39 is 0 Å². The highest BCUT2D eigenvalue weighted by atomic mass is 16.6. The van der Waals surface area contributed by atoms with E-state index >= 15 is 0 Å². The van der Waals surface area contributed by atoms with Crippen molar-refractivity contribution in [3.05, 3.63) is 35.0 Å². The fourth-order valence-corrected chi connectivity index (χ4v) is 5.21. The van der Waals surface area contributed by atoms with Crippen molar-refractivity contribution in [3.8, 4) is 11.3 Å². The highest BCUT2D eigenvalue weighted by molar-refractivity contribution is 6.00. The van der Waals surface area contributed by atoms with Gasteiger partial charge in [-0.3, -0.25) is 4.79 Å². The number of carbonyl (C=O) groups is 1. The third kappa shape index (κ3) is 13.6. The molecule has 0 fully saturated rings. The summed E-state index contributed by atoms with van der Waals surface area (Å²) >= 11 is 0. The molecule has 3 aromatic heterocycles. The summed E-state index contributed by atoms with van der Waals surface area (Å²) in [6.07, 6.45) is 4.99. The van der Waals surface area contributed by atoms with Crippen LogP contribution in [0.1, 0.15) is 32.1 Å². The number of fused-ring (bicyclic) bond motifs is 2. The second kappa shape index (κ2) is 23.2. The number of ether oxygens (including phenoxy) is 6. The van der Waals surface area contributed by atoms with Gasteiger partial charge in [0.2, 0.25) is 0 Å². The molecule has 0 spiro atoms. The zero-order valence-electron chi connectivity index (χ0n) is 30.1. The van der Waals surface area contributed by atoms with Gasteiger partial charge in [-0.25, -0.2) is 14.6 Å². The van der Waals surface area contributed by atoms with Crippen LogP contribution in [0.2, 0.25) is 0 Å². The number of carbonyl (C=O) groups excluding carboxylic acids is 1. The van der Waals surface area contributed by atoms with Crippen LogP contribution in [0.15, 0.2) is 34.1 Å². The van der Waals surface area contributed by atoms with Crippen LogP contribution in [-0.2, 0) is 39.8 Å². The second-order valence-electron chi connectivity index (χ2n) is 11.8. The predicted octanol–water partition coefficient (Wildman–Crippen LogP) is 4.21. The first-order valence-electron chi connectivity index (χ1n) is 17.5. The van der Waals surface area contributed by atoms with Gasteiger partial charge in [0, 0.05) is 50.5 Å². The molecule has 0 bridgehead atoms. The largest absolute Gasteiger partial charge is 0.424 e. The Morgan fingerprint density at radius 3 is 2.13 bits per heavy atom. The van der Waals surface area contributed by atoms with Crippen molar-refractivity contribution in [2.24, 2.45) is 5.11 Å². The van der Waals surface area contributed by atoms with E-state index in [1.54, 1.807) is 6.33 Å². The standard InChI is InChI=1S/C34H50N10O8/c1-43(2)32-30-31(26-7-8-29-28(24-26)40-34(35)52-29)41-44(33(30)38-25-37-32)11-5-3-4-6-27(45)9-12-46-14-16-48-18-20-50-22-23-51-21-19-49-17-15-47-13-10-39-42-36/h7-8,24-25H,3-6,9-23H2,1-2H3,(H2,35,40). The quantitative estimate of drug-likeness (QED) is 0.0359. The summed E-state index contributed by atoms with van der Waals surface area (Å²) in [6, 6.07) is 5.80. The first-order valence-corrected chi connectivity index (χ1v) is 17.5. The molecule has 18 nitrogen and oxygen atoms in total. The molecular formula is C34H50N10O8. The summed E-state index contributed by atoms with van der Waals surface area (Å²) in [5, 5.41) is 9.18. The van der Waals surface area contributed by atoms with Crippen LogP contribution in [-0.4, -0.2) is 130 Å². The lowest BCUT2D eigenvalue weighted by Crippen LogP contribution is -2.14. The van der Waals surface area contributed by atoms with E-state index in [2.05, 4.69) is 25.0 Å². The molecule has 1 aromatic carbocycles. The predicted molar refractivity (Wildman–Crippen MR) is 194 cm³/mol. The molecule has 0 radical (unpaired) electrons. The minimum atomic E-state index is 0.119. The normalized spacial score (nSPS) is 11.4. The molecule has 18 heteroatoms. The maximum Gasteiger partial charge on any atom is 0.292 e. The molecular weight excluding hydrogens is 676 g/mol. The summed E-state index contributed by atoms with van der Waals surface area (Å²) in [7, 11) is 3.88. The van der Waals surface area contributed by atoms with E-state index in [1.165, 1.54) is 0 Å². The monoisotopic (exact) mass is 726 g/mol. The number of hydrogen-bond acceptors (Lipinski definition) is 15. The molecule has 0 unspecified atom stereocenters. The van der Waals surface area contributed by atoms with Crippen LogP contribution in [0.25, 0.3) is 43.8 Å². The minimum Gasteiger partial charge on any atom is -0.424 e. The first kappa shape index (κ1) is 40.4. The molecule has 52 heavy (non-hydrogen) atoms. The van der Waals surface area contributed by atoms with Gasteiger partial charge in [-0.1, -0.05) is 11.5 Å². The van der Waals surface area contributed by atoms with Crippen molar-refractivity contribution in [1.82, 2.24) is 24.7 Å². The molecule has 0 amide bonds. The van der Waals surface area contributed by atoms with Crippen molar-refractivity contribution >= 4 is 39.7 Å². The number of unbranched alkanes of at least 4 members (excludes halogenated alkanes) is 2. The van der Waals surface area contributed by atoms with E-state index in [1.807, 2.05) is 41.9 Å².